The van der Waals surface area contributed by atoms with Gasteiger partial charge in [0.1, 0.15) is 0 Å². The molecule has 1 saturated carbocycles. The van der Waals surface area contributed by atoms with Crippen molar-refractivity contribution in [3.05, 3.63) is 0 Å². The number of aliphatic hydroxyl groups is 1. The van der Waals surface area contributed by atoms with Crippen molar-refractivity contribution in [3.63, 3.8) is 0 Å². The summed E-state index contributed by atoms with van der Waals surface area (Å²) >= 11 is 0. The highest BCUT2D eigenvalue weighted by molar-refractivity contribution is 4.99. The minimum atomic E-state index is 0.000812. The summed E-state index contributed by atoms with van der Waals surface area (Å²) < 4.78 is 0. The summed E-state index contributed by atoms with van der Waals surface area (Å²) in [7, 11) is 0. The maximum Gasteiger partial charge on any atom is 0.0616 e. The van der Waals surface area contributed by atoms with E-state index in [1.54, 1.807) is 0 Å². The maximum atomic E-state index is 9.89. The fourth-order valence-electron chi connectivity index (χ4n) is 3.93. The summed E-state index contributed by atoms with van der Waals surface area (Å²) in [6.07, 6.45) is 8.84. The van der Waals surface area contributed by atoms with Gasteiger partial charge in [0.15, 0.2) is 0 Å². The molecule has 0 aromatic rings. The van der Waals surface area contributed by atoms with Crippen LogP contribution in [0.5, 0.6) is 0 Å². The first-order valence-electron chi connectivity index (χ1n) is 9.19. The van der Waals surface area contributed by atoms with Gasteiger partial charge in [-0.25, -0.2) is 0 Å². The zero-order valence-electron chi connectivity index (χ0n) is 14.8. The third-order valence-electron chi connectivity index (χ3n) is 5.31. The van der Waals surface area contributed by atoms with Crippen molar-refractivity contribution in [2.75, 3.05) is 26.2 Å². The van der Waals surface area contributed by atoms with Crippen molar-refractivity contribution in [2.45, 2.75) is 84.2 Å². The van der Waals surface area contributed by atoms with Crippen molar-refractivity contribution in [1.29, 1.82) is 0 Å². The van der Waals surface area contributed by atoms with Crippen LogP contribution in [-0.4, -0.2) is 47.8 Å². The Morgan fingerprint density at radius 1 is 1.24 bits per heavy atom. The quantitative estimate of drug-likeness (QED) is 0.574. The molecule has 0 aliphatic heterocycles. The van der Waals surface area contributed by atoms with Crippen LogP contribution in [0.2, 0.25) is 0 Å². The van der Waals surface area contributed by atoms with Gasteiger partial charge in [-0.1, -0.05) is 33.1 Å². The molecule has 0 amide bonds. The van der Waals surface area contributed by atoms with Gasteiger partial charge in [-0.2, -0.15) is 0 Å². The summed E-state index contributed by atoms with van der Waals surface area (Å²) in [5.41, 5.74) is 0.000812. The molecule has 1 fully saturated rings. The van der Waals surface area contributed by atoms with E-state index in [0.717, 1.165) is 13.0 Å². The molecule has 3 heteroatoms. The normalized spacial score (nSPS) is 26.1. The van der Waals surface area contributed by atoms with E-state index in [9.17, 15) is 5.11 Å². The van der Waals surface area contributed by atoms with E-state index in [1.807, 2.05) is 0 Å². The Hall–Kier alpha value is -0.120. The second-order valence-corrected chi connectivity index (χ2v) is 7.06. The summed E-state index contributed by atoms with van der Waals surface area (Å²) in [5, 5.41) is 13.5. The highest BCUT2D eigenvalue weighted by atomic mass is 16.3. The number of nitrogens with zero attached hydrogens (tertiary/aromatic N) is 1. The van der Waals surface area contributed by atoms with Crippen LogP contribution in [0, 0.1) is 5.92 Å². The standard InChI is InChI=1S/C18H38N2O/c1-5-7-8-13-20(16(3)4)14-11-17-10-9-12-18(17,15-21)19-6-2/h16-17,19,21H,5-15H2,1-4H3. The van der Waals surface area contributed by atoms with E-state index in [2.05, 4.69) is 37.9 Å². The number of aliphatic hydroxyl groups excluding tert-OH is 1. The summed E-state index contributed by atoms with van der Waals surface area (Å²) in [4.78, 5) is 2.63. The van der Waals surface area contributed by atoms with E-state index in [4.69, 9.17) is 0 Å². The lowest BCUT2D eigenvalue weighted by Crippen LogP contribution is -2.52. The monoisotopic (exact) mass is 298 g/mol. The molecule has 21 heavy (non-hydrogen) atoms. The minimum absolute atomic E-state index is 0.000812. The van der Waals surface area contributed by atoms with E-state index in [1.165, 1.54) is 51.6 Å². The molecule has 0 bridgehead atoms. The van der Waals surface area contributed by atoms with Gasteiger partial charge in [-0.05, 0) is 65.1 Å². The molecule has 126 valence electrons. The molecule has 0 spiro atoms. The molecule has 0 radical (unpaired) electrons. The third-order valence-corrected chi connectivity index (χ3v) is 5.31. The Balaban J connectivity index is 2.49. The van der Waals surface area contributed by atoms with Crippen LogP contribution in [0.25, 0.3) is 0 Å². The van der Waals surface area contributed by atoms with E-state index in [-0.39, 0.29) is 5.54 Å². The van der Waals surface area contributed by atoms with E-state index in [0.29, 0.717) is 18.6 Å². The minimum Gasteiger partial charge on any atom is -0.394 e. The van der Waals surface area contributed by atoms with Crippen LogP contribution in [0.1, 0.15) is 72.6 Å². The Kier molecular flexibility index (Phi) is 8.84. The number of nitrogens with one attached hydrogen (secondary N) is 1. The van der Waals surface area contributed by atoms with Crippen LogP contribution in [0.3, 0.4) is 0 Å². The second kappa shape index (κ2) is 9.81. The first kappa shape index (κ1) is 18.9. The molecule has 2 atom stereocenters. The van der Waals surface area contributed by atoms with Crippen LogP contribution >= 0.6 is 0 Å². The second-order valence-electron chi connectivity index (χ2n) is 7.06. The average Bonchev–Trinajstić information content (AvgIpc) is 2.86. The fraction of sp³-hybridized carbons (Fsp3) is 1.00. The SMILES string of the molecule is CCCCCN(CCC1CCCC1(CO)NCC)C(C)C. The number of hydrogen-bond donors (Lipinski definition) is 2. The molecule has 0 saturated heterocycles. The molecule has 2 N–H and O–H groups in total. The van der Waals surface area contributed by atoms with E-state index >= 15 is 0 Å². The topological polar surface area (TPSA) is 35.5 Å². The first-order valence-corrected chi connectivity index (χ1v) is 9.19. The highest BCUT2D eigenvalue weighted by Gasteiger charge is 2.41. The maximum absolute atomic E-state index is 9.89. The molecular formula is C18H38N2O. The Labute approximate surface area is 132 Å². The lowest BCUT2D eigenvalue weighted by molar-refractivity contribution is 0.108. The molecular weight excluding hydrogens is 260 g/mol. The number of unbranched alkanes of at least 4 members (excludes halogenated alkanes) is 2. The number of rotatable bonds is 11. The van der Waals surface area contributed by atoms with Gasteiger partial charge in [-0.3, -0.25) is 0 Å². The van der Waals surface area contributed by atoms with E-state index < -0.39 is 0 Å². The molecule has 1 aliphatic rings. The number of likely N-dealkylation sites (N-methyl/N-ethyl adjacent to an activating group) is 1. The van der Waals surface area contributed by atoms with Gasteiger partial charge in [0.2, 0.25) is 0 Å². The first-order chi connectivity index (χ1) is 10.1. The van der Waals surface area contributed by atoms with Crippen molar-refractivity contribution < 1.29 is 5.11 Å². The van der Waals surface area contributed by atoms with Crippen LogP contribution in [0.15, 0.2) is 0 Å². The average molecular weight is 299 g/mol. The molecule has 0 aromatic heterocycles. The zero-order valence-corrected chi connectivity index (χ0v) is 14.8. The molecule has 1 aliphatic carbocycles. The van der Waals surface area contributed by atoms with Gasteiger partial charge in [-0.15, -0.1) is 0 Å². The lowest BCUT2D eigenvalue weighted by Gasteiger charge is -2.36. The predicted molar refractivity (Wildman–Crippen MR) is 91.7 cm³/mol. The van der Waals surface area contributed by atoms with Gasteiger partial charge in [0.25, 0.3) is 0 Å². The zero-order chi connectivity index (χ0) is 15.7. The van der Waals surface area contributed by atoms with Crippen LogP contribution in [-0.2, 0) is 0 Å². The Bertz CT molecular complexity index is 270. The smallest absolute Gasteiger partial charge is 0.0616 e. The fourth-order valence-corrected chi connectivity index (χ4v) is 3.93. The van der Waals surface area contributed by atoms with Gasteiger partial charge >= 0.3 is 0 Å². The lowest BCUT2D eigenvalue weighted by atomic mass is 9.85. The molecule has 0 aromatic carbocycles. The van der Waals surface area contributed by atoms with Gasteiger partial charge in [0.05, 0.1) is 6.61 Å². The highest BCUT2D eigenvalue weighted by Crippen LogP contribution is 2.37. The van der Waals surface area contributed by atoms with Crippen molar-refractivity contribution >= 4 is 0 Å². The van der Waals surface area contributed by atoms with Crippen molar-refractivity contribution in [3.8, 4) is 0 Å². The largest absolute Gasteiger partial charge is 0.394 e. The Morgan fingerprint density at radius 3 is 2.57 bits per heavy atom. The molecule has 1 rings (SSSR count). The summed E-state index contributed by atoms with van der Waals surface area (Å²) in [6.45, 7) is 12.7. The van der Waals surface area contributed by atoms with Crippen LogP contribution in [0.4, 0.5) is 0 Å². The summed E-state index contributed by atoms with van der Waals surface area (Å²) in [6, 6.07) is 0.630. The third kappa shape index (κ3) is 5.54. The summed E-state index contributed by atoms with van der Waals surface area (Å²) in [5.74, 6) is 0.634. The molecule has 0 heterocycles. The van der Waals surface area contributed by atoms with Crippen molar-refractivity contribution in [2.24, 2.45) is 5.92 Å². The van der Waals surface area contributed by atoms with Gasteiger partial charge < -0.3 is 15.3 Å². The van der Waals surface area contributed by atoms with Gasteiger partial charge in [0, 0.05) is 11.6 Å². The van der Waals surface area contributed by atoms with Crippen molar-refractivity contribution in [1.82, 2.24) is 10.2 Å². The van der Waals surface area contributed by atoms with Crippen LogP contribution < -0.4 is 5.32 Å². The number of hydrogen-bond acceptors (Lipinski definition) is 3. The predicted octanol–water partition coefficient (Wildman–Crippen LogP) is 3.42. The molecule has 3 nitrogen and oxygen atoms in total. The Morgan fingerprint density at radius 2 is 2.00 bits per heavy atom. The molecule has 2 unspecified atom stereocenters.